The fourth-order valence-electron chi connectivity index (χ4n) is 7.77. The van der Waals surface area contributed by atoms with Crippen LogP contribution in [0.5, 0.6) is 0 Å². The summed E-state index contributed by atoms with van der Waals surface area (Å²) < 4.78 is 0. The van der Waals surface area contributed by atoms with Crippen LogP contribution in [0.1, 0.15) is 68.1 Å². The molecular formula is C51H77N19O8. The summed E-state index contributed by atoms with van der Waals surface area (Å²) in [4.78, 5) is 114. The van der Waals surface area contributed by atoms with E-state index in [0.717, 1.165) is 0 Å². The normalized spacial score (nSPS) is 13.4. The van der Waals surface area contributed by atoms with Gasteiger partial charge in [0.25, 0.3) is 0 Å². The van der Waals surface area contributed by atoms with E-state index in [1.54, 1.807) is 91.0 Å². The molecule has 0 bridgehead atoms. The lowest BCUT2D eigenvalue weighted by atomic mass is 10.0. The van der Waals surface area contributed by atoms with Crippen molar-refractivity contribution in [1.82, 2.24) is 31.9 Å². The quantitative estimate of drug-likeness (QED) is 0.0153. The van der Waals surface area contributed by atoms with Crippen LogP contribution >= 0.6 is 0 Å². The number of aliphatic imine (C=N–C) groups is 4. The van der Waals surface area contributed by atoms with Crippen LogP contribution in [0.15, 0.2) is 111 Å². The Morgan fingerprint density at radius 1 is 0.359 bits per heavy atom. The number of nitrogens with one attached hydrogen (secondary N) is 6. The van der Waals surface area contributed by atoms with E-state index in [1.165, 1.54) is 0 Å². The van der Waals surface area contributed by atoms with Crippen LogP contribution in [-0.2, 0) is 52.8 Å². The molecule has 0 spiro atoms. The lowest BCUT2D eigenvalue weighted by Crippen LogP contribution is -2.60. The van der Waals surface area contributed by atoms with Crippen molar-refractivity contribution >= 4 is 65.3 Å². The SMILES string of the molecule is NC(N)=NCCC[C@H](NC(=O)[C@H](Cc1ccccc1)NC(=O)[C@H](CCCN=C(N)N)NC(=O)[C@H](Cc1ccccc1)NC(=O)[C@H](CCCN=C(N)N)NC(=O)[C@H](Cc1ccccc1)NC(=O)[C@@H](N)CCCN=C(N)N)C(=O)O. The lowest BCUT2D eigenvalue weighted by Gasteiger charge is -2.28. The average Bonchev–Trinajstić information content (AvgIpc) is 3.40. The average molecular weight is 1080 g/mol. The number of nitrogens with zero attached hydrogens (tertiary/aromatic N) is 4. The molecule has 0 aliphatic heterocycles. The highest BCUT2D eigenvalue weighted by atomic mass is 16.4. The predicted octanol–water partition coefficient (Wildman–Crippen LogP) is -3.75. The molecule has 0 saturated heterocycles. The van der Waals surface area contributed by atoms with E-state index >= 15 is 0 Å². The third kappa shape index (κ3) is 25.5. The Morgan fingerprint density at radius 3 is 0.897 bits per heavy atom. The van der Waals surface area contributed by atoms with E-state index in [9.17, 15) is 38.7 Å². The molecule has 3 aromatic rings. The summed E-state index contributed by atoms with van der Waals surface area (Å²) >= 11 is 0. The van der Waals surface area contributed by atoms with Crippen LogP contribution in [-0.4, -0.2) is 139 Å². The number of benzene rings is 3. The number of carbonyl (C=O) groups excluding carboxylic acids is 6. The first-order valence-electron chi connectivity index (χ1n) is 25.4. The number of aliphatic carboxylic acids is 1. The highest BCUT2D eigenvalue weighted by molar-refractivity contribution is 5.97. The molecule has 6 amide bonds. The zero-order chi connectivity index (χ0) is 57.4. The smallest absolute Gasteiger partial charge is 0.326 e. The minimum atomic E-state index is -1.40. The highest BCUT2D eigenvalue weighted by Crippen LogP contribution is 2.12. The summed E-state index contributed by atoms with van der Waals surface area (Å²) in [6, 6.07) is 17.0. The molecule has 27 nitrogen and oxygen atoms in total. The van der Waals surface area contributed by atoms with Gasteiger partial charge in [-0.05, 0) is 68.1 Å². The number of hydrogen-bond donors (Lipinski definition) is 16. The molecule has 0 fully saturated rings. The van der Waals surface area contributed by atoms with Crippen molar-refractivity contribution in [2.24, 2.45) is 71.6 Å². The molecule has 78 heavy (non-hydrogen) atoms. The van der Waals surface area contributed by atoms with Gasteiger partial charge in [-0.2, -0.15) is 0 Å². The molecule has 0 aliphatic rings. The Morgan fingerprint density at radius 2 is 0.603 bits per heavy atom. The van der Waals surface area contributed by atoms with E-state index in [-0.39, 0.29) is 114 Å². The summed E-state index contributed by atoms with van der Waals surface area (Å²) in [6.45, 7) is 0.424. The van der Waals surface area contributed by atoms with Crippen molar-refractivity contribution in [2.45, 2.75) is 113 Å². The standard InChI is InChI=1S/C51H77N19O8/c52-34(20-10-24-61-48(53)54)41(71)68-38(28-31-14-4-1-5-15-31)44(74)65-35(21-11-25-62-49(55)56)42(72)69-39(29-32-16-6-2-7-17-32)45(75)66-36(22-12-26-63-50(57)58)43(73)70-40(30-33-18-8-3-9-19-33)46(76)67-37(47(77)78)23-13-27-64-51(59)60/h1-9,14-19,34-40H,10-13,20-30,52H2,(H,65,74)(H,66,75)(H,67,76)(H,68,71)(H,69,72)(H,70,73)(H,77,78)(H4,53,54,61)(H4,55,56,62)(H4,57,58,63)(H4,59,60,64)/t34-,35-,36-,37-,38-,39-,40-/m0/s1. The Labute approximate surface area is 452 Å². The van der Waals surface area contributed by atoms with Gasteiger partial charge >= 0.3 is 5.97 Å². The van der Waals surface area contributed by atoms with Gasteiger partial charge in [0.2, 0.25) is 35.4 Å². The minimum absolute atomic E-state index is 0.00184. The largest absolute Gasteiger partial charge is 0.480 e. The summed E-state index contributed by atoms with van der Waals surface area (Å²) in [5.41, 5.74) is 52.0. The second-order valence-corrected chi connectivity index (χ2v) is 18.2. The molecule has 424 valence electrons. The number of amides is 6. The number of rotatable bonds is 35. The minimum Gasteiger partial charge on any atom is -0.480 e. The number of carboxylic acid groups (broad SMARTS) is 1. The van der Waals surface area contributed by atoms with E-state index in [4.69, 9.17) is 51.6 Å². The van der Waals surface area contributed by atoms with Crippen molar-refractivity contribution in [1.29, 1.82) is 0 Å². The van der Waals surface area contributed by atoms with Crippen LogP contribution in [0, 0.1) is 0 Å². The number of carbonyl (C=O) groups is 7. The van der Waals surface area contributed by atoms with Gasteiger partial charge in [-0.3, -0.25) is 48.7 Å². The molecule has 25 N–H and O–H groups in total. The number of carboxylic acids is 1. The first-order chi connectivity index (χ1) is 37.2. The van der Waals surface area contributed by atoms with E-state index < -0.39 is 83.7 Å². The Balaban J connectivity index is 2.00. The second kappa shape index (κ2) is 34.5. The second-order valence-electron chi connectivity index (χ2n) is 18.2. The molecule has 3 rings (SSSR count). The summed E-state index contributed by atoms with van der Waals surface area (Å²) in [7, 11) is 0. The molecule has 3 aromatic carbocycles. The van der Waals surface area contributed by atoms with Crippen LogP contribution in [0.2, 0.25) is 0 Å². The third-order valence-electron chi connectivity index (χ3n) is 11.8. The fourth-order valence-corrected chi connectivity index (χ4v) is 7.77. The van der Waals surface area contributed by atoms with Crippen LogP contribution in [0.4, 0.5) is 0 Å². The molecule has 0 heterocycles. The molecular weight excluding hydrogens is 1010 g/mol. The van der Waals surface area contributed by atoms with Gasteiger partial charge in [-0.15, -0.1) is 0 Å². The van der Waals surface area contributed by atoms with Gasteiger partial charge in [0, 0.05) is 45.4 Å². The maximum absolute atomic E-state index is 14.7. The number of nitrogens with two attached hydrogens (primary N) is 9. The lowest BCUT2D eigenvalue weighted by molar-refractivity contribution is -0.142. The Hall–Kier alpha value is -9.01. The van der Waals surface area contributed by atoms with Crippen molar-refractivity contribution in [3.63, 3.8) is 0 Å². The predicted molar refractivity (Wildman–Crippen MR) is 297 cm³/mol. The van der Waals surface area contributed by atoms with E-state index in [0.29, 0.717) is 23.1 Å². The topological polar surface area (TPSA) is 496 Å². The van der Waals surface area contributed by atoms with Crippen LogP contribution in [0.3, 0.4) is 0 Å². The van der Waals surface area contributed by atoms with Gasteiger partial charge in [0.15, 0.2) is 23.8 Å². The fraction of sp³-hybridized carbons (Fsp3) is 0.431. The monoisotopic (exact) mass is 1080 g/mol. The van der Waals surface area contributed by atoms with Gasteiger partial charge < -0.3 is 88.6 Å². The molecule has 0 aromatic heterocycles. The highest BCUT2D eigenvalue weighted by Gasteiger charge is 2.34. The van der Waals surface area contributed by atoms with Crippen molar-refractivity contribution in [3.05, 3.63) is 108 Å². The molecule has 0 aliphatic carbocycles. The molecule has 27 heteroatoms. The molecule has 0 unspecified atom stereocenters. The number of guanidine groups is 4. The maximum atomic E-state index is 14.7. The van der Waals surface area contributed by atoms with Crippen molar-refractivity contribution in [2.75, 3.05) is 26.2 Å². The van der Waals surface area contributed by atoms with Crippen molar-refractivity contribution < 1.29 is 38.7 Å². The van der Waals surface area contributed by atoms with E-state index in [1.807, 2.05) is 0 Å². The number of hydrogen-bond acceptors (Lipinski definition) is 12. The van der Waals surface area contributed by atoms with Gasteiger partial charge in [-0.25, -0.2) is 4.79 Å². The summed E-state index contributed by atoms with van der Waals surface area (Å²) in [5, 5.41) is 26.2. The molecule has 7 atom stereocenters. The summed E-state index contributed by atoms with van der Waals surface area (Å²) in [5.74, 6) is -6.77. The molecule has 0 radical (unpaired) electrons. The van der Waals surface area contributed by atoms with Crippen LogP contribution in [0.25, 0.3) is 0 Å². The van der Waals surface area contributed by atoms with Crippen LogP contribution < -0.4 is 83.5 Å². The van der Waals surface area contributed by atoms with Crippen molar-refractivity contribution in [3.8, 4) is 0 Å². The zero-order valence-corrected chi connectivity index (χ0v) is 43.6. The third-order valence-corrected chi connectivity index (χ3v) is 11.8. The Kier molecular flexibility index (Phi) is 28.0. The van der Waals surface area contributed by atoms with Gasteiger partial charge in [0.1, 0.15) is 36.3 Å². The first-order valence-corrected chi connectivity index (χ1v) is 25.4. The zero-order valence-electron chi connectivity index (χ0n) is 43.6. The molecule has 0 saturated carbocycles. The maximum Gasteiger partial charge on any atom is 0.326 e. The Bertz CT molecular complexity index is 2500. The van der Waals surface area contributed by atoms with Gasteiger partial charge in [-0.1, -0.05) is 91.0 Å². The van der Waals surface area contributed by atoms with E-state index in [2.05, 4.69) is 51.9 Å². The van der Waals surface area contributed by atoms with Gasteiger partial charge in [0.05, 0.1) is 6.04 Å². The summed E-state index contributed by atoms with van der Waals surface area (Å²) in [6.07, 6.45) is 0.691. The first kappa shape index (κ1) is 63.3.